The molecular weight excluding hydrogens is 602 g/mol. The van der Waals surface area contributed by atoms with Crippen LogP contribution in [-0.4, -0.2) is 78.7 Å². The van der Waals surface area contributed by atoms with E-state index in [1.54, 1.807) is 21.3 Å². The number of benzene rings is 3. The normalized spacial score (nSPS) is 15.3. The van der Waals surface area contributed by atoms with Crippen molar-refractivity contribution in [1.29, 1.82) is 0 Å². The zero-order valence-corrected chi connectivity index (χ0v) is 27.3. The molecule has 2 aliphatic rings. The fourth-order valence-corrected chi connectivity index (χ4v) is 7.13. The maximum Gasteiger partial charge on any atom is 0.256 e. The minimum absolute atomic E-state index is 0.0455. The molecule has 1 N–H and O–H groups in total. The Bertz CT molecular complexity index is 1930. The minimum atomic E-state index is 0.0455. The average Bonchev–Trinajstić information content (AvgIpc) is 3.78. The molecule has 1 saturated carbocycles. The standard InChI is InChI=1S/C35H37N5O5S/c1-38-20-26(34(42)40-13-11-39(12-14-40)19-21-15-29(43-2)32(45-4)30(16-21)44-3)25-17-23(8-10-28(25)38)24-7-9-27-31(18-24)46-35(36-27)37-33(41)22-5-6-22/h7-10,15-18,20,22H,5-6,11-14,19H2,1-4H3,(H,36,37,41). The van der Waals surface area contributed by atoms with Crippen LogP contribution in [0.3, 0.4) is 0 Å². The van der Waals surface area contributed by atoms with Crippen LogP contribution in [0, 0.1) is 5.92 Å². The molecule has 1 aliphatic heterocycles. The number of piperazine rings is 1. The van der Waals surface area contributed by atoms with Crippen molar-refractivity contribution in [3.63, 3.8) is 0 Å². The lowest BCUT2D eigenvalue weighted by molar-refractivity contribution is -0.117. The van der Waals surface area contributed by atoms with Gasteiger partial charge < -0.3 is 29.0 Å². The summed E-state index contributed by atoms with van der Waals surface area (Å²) in [4.78, 5) is 35.0. The molecule has 0 bridgehead atoms. The second kappa shape index (κ2) is 12.3. The van der Waals surface area contributed by atoms with Crippen LogP contribution < -0.4 is 19.5 Å². The molecule has 0 atom stereocenters. The van der Waals surface area contributed by atoms with Crippen molar-refractivity contribution >= 4 is 49.4 Å². The van der Waals surface area contributed by atoms with E-state index in [9.17, 15) is 9.59 Å². The van der Waals surface area contributed by atoms with Gasteiger partial charge in [0, 0.05) is 62.8 Å². The first-order valence-electron chi connectivity index (χ1n) is 15.5. The van der Waals surface area contributed by atoms with Gasteiger partial charge in [0.1, 0.15) is 0 Å². The number of amides is 2. The van der Waals surface area contributed by atoms with Gasteiger partial charge in [-0.2, -0.15) is 0 Å². The Morgan fingerprint density at radius 2 is 1.61 bits per heavy atom. The number of nitrogens with one attached hydrogen (secondary N) is 1. The summed E-state index contributed by atoms with van der Waals surface area (Å²) in [5.41, 5.74) is 5.72. The van der Waals surface area contributed by atoms with Crippen LogP contribution in [0.5, 0.6) is 17.2 Å². The summed E-state index contributed by atoms with van der Waals surface area (Å²) in [5.74, 6) is 2.09. The van der Waals surface area contributed by atoms with Crippen molar-refractivity contribution in [2.45, 2.75) is 19.4 Å². The maximum absolute atomic E-state index is 13.9. The number of aromatic nitrogens is 2. The summed E-state index contributed by atoms with van der Waals surface area (Å²) in [7, 11) is 6.82. The summed E-state index contributed by atoms with van der Waals surface area (Å²) >= 11 is 1.49. The Morgan fingerprint density at radius 1 is 0.913 bits per heavy atom. The van der Waals surface area contributed by atoms with Crippen molar-refractivity contribution in [3.05, 3.63) is 65.9 Å². The number of anilines is 1. The minimum Gasteiger partial charge on any atom is -0.493 e. The van der Waals surface area contributed by atoms with Gasteiger partial charge in [0.05, 0.1) is 37.1 Å². The van der Waals surface area contributed by atoms with E-state index >= 15 is 0 Å². The largest absolute Gasteiger partial charge is 0.493 e. The highest BCUT2D eigenvalue weighted by atomic mass is 32.1. The first-order valence-corrected chi connectivity index (χ1v) is 16.3. The lowest BCUT2D eigenvalue weighted by Gasteiger charge is -2.34. The Hall–Kier alpha value is -4.61. The molecule has 10 nitrogen and oxygen atoms in total. The van der Waals surface area contributed by atoms with Crippen molar-refractivity contribution in [1.82, 2.24) is 19.4 Å². The molecule has 1 aliphatic carbocycles. The number of methoxy groups -OCH3 is 3. The van der Waals surface area contributed by atoms with Crippen LogP contribution in [0.4, 0.5) is 5.13 Å². The van der Waals surface area contributed by atoms with Crippen LogP contribution in [0.15, 0.2) is 54.7 Å². The van der Waals surface area contributed by atoms with E-state index in [1.165, 1.54) is 11.3 Å². The predicted octanol–water partition coefficient (Wildman–Crippen LogP) is 5.79. The number of hydrogen-bond donors (Lipinski definition) is 1. The number of fused-ring (bicyclic) bond motifs is 2. The molecule has 238 valence electrons. The van der Waals surface area contributed by atoms with Crippen molar-refractivity contribution < 1.29 is 23.8 Å². The molecule has 2 fully saturated rings. The lowest BCUT2D eigenvalue weighted by atomic mass is 10.0. The third kappa shape index (κ3) is 5.76. The van der Waals surface area contributed by atoms with E-state index in [-0.39, 0.29) is 17.7 Å². The van der Waals surface area contributed by atoms with Crippen LogP contribution >= 0.6 is 11.3 Å². The van der Waals surface area contributed by atoms with Gasteiger partial charge in [-0.1, -0.05) is 23.5 Å². The van der Waals surface area contributed by atoms with Gasteiger partial charge in [-0.15, -0.1) is 0 Å². The molecule has 3 aromatic carbocycles. The molecule has 0 radical (unpaired) electrons. The maximum atomic E-state index is 13.9. The third-order valence-corrected chi connectivity index (χ3v) is 9.84. The highest BCUT2D eigenvalue weighted by molar-refractivity contribution is 7.22. The molecule has 5 aromatic rings. The number of ether oxygens (including phenoxy) is 3. The van der Waals surface area contributed by atoms with E-state index < -0.39 is 0 Å². The Kier molecular flexibility index (Phi) is 8.04. The quantitative estimate of drug-likeness (QED) is 0.218. The number of aryl methyl sites for hydroxylation is 1. The molecule has 2 aromatic heterocycles. The molecule has 11 heteroatoms. The summed E-state index contributed by atoms with van der Waals surface area (Å²) in [6, 6.07) is 16.4. The third-order valence-electron chi connectivity index (χ3n) is 8.91. The number of hydrogen-bond acceptors (Lipinski definition) is 8. The van der Waals surface area contributed by atoms with Gasteiger partial charge in [0.2, 0.25) is 11.7 Å². The Balaban J connectivity index is 1.07. The van der Waals surface area contributed by atoms with Crippen LogP contribution in [0.2, 0.25) is 0 Å². The lowest BCUT2D eigenvalue weighted by Crippen LogP contribution is -2.48. The summed E-state index contributed by atoms with van der Waals surface area (Å²) in [5, 5.41) is 4.54. The van der Waals surface area contributed by atoms with E-state index in [4.69, 9.17) is 14.2 Å². The van der Waals surface area contributed by atoms with Crippen molar-refractivity contribution in [2.75, 3.05) is 52.8 Å². The predicted molar refractivity (Wildman–Crippen MR) is 180 cm³/mol. The second-order valence-corrected chi connectivity index (χ2v) is 13.0. The van der Waals surface area contributed by atoms with Crippen LogP contribution in [0.1, 0.15) is 28.8 Å². The topological polar surface area (TPSA) is 98.2 Å². The fraction of sp³-hybridized carbons (Fsp3) is 0.343. The molecule has 3 heterocycles. The molecule has 0 unspecified atom stereocenters. The Morgan fingerprint density at radius 3 is 2.28 bits per heavy atom. The van der Waals surface area contributed by atoms with Gasteiger partial charge in [-0.25, -0.2) is 4.98 Å². The summed E-state index contributed by atoms with van der Waals surface area (Å²) < 4.78 is 19.6. The van der Waals surface area contributed by atoms with Crippen LogP contribution in [-0.2, 0) is 18.4 Å². The average molecular weight is 640 g/mol. The van der Waals surface area contributed by atoms with Crippen molar-refractivity contribution in [3.8, 4) is 28.4 Å². The SMILES string of the molecule is COc1cc(CN2CCN(C(=O)c3cn(C)c4ccc(-c5ccc6nc(NC(=O)C7CC7)sc6c5)cc34)CC2)cc(OC)c1OC. The zero-order chi connectivity index (χ0) is 31.9. The summed E-state index contributed by atoms with van der Waals surface area (Å²) in [6.07, 6.45) is 3.86. The van der Waals surface area contributed by atoms with Crippen molar-refractivity contribution in [2.24, 2.45) is 13.0 Å². The summed E-state index contributed by atoms with van der Waals surface area (Å²) in [6.45, 7) is 3.52. The first-order chi connectivity index (χ1) is 22.3. The number of thiazole rings is 1. The van der Waals surface area contributed by atoms with Gasteiger partial charge in [0.15, 0.2) is 16.6 Å². The molecule has 46 heavy (non-hydrogen) atoms. The van der Waals surface area contributed by atoms with E-state index in [1.807, 2.05) is 47.0 Å². The molecule has 1 saturated heterocycles. The van der Waals surface area contributed by atoms with Gasteiger partial charge in [-0.3, -0.25) is 14.5 Å². The van der Waals surface area contributed by atoms with Gasteiger partial charge in [0.25, 0.3) is 5.91 Å². The number of carbonyl (C=O) groups is 2. The second-order valence-electron chi connectivity index (χ2n) is 12.0. The molecule has 7 rings (SSSR count). The number of nitrogens with zero attached hydrogens (tertiary/aromatic N) is 4. The smallest absolute Gasteiger partial charge is 0.256 e. The van der Waals surface area contributed by atoms with Crippen LogP contribution in [0.25, 0.3) is 32.2 Å². The van der Waals surface area contributed by atoms with Gasteiger partial charge in [-0.05, 0) is 65.9 Å². The number of rotatable bonds is 9. The van der Waals surface area contributed by atoms with E-state index in [0.29, 0.717) is 41.0 Å². The zero-order valence-electron chi connectivity index (χ0n) is 26.5. The number of carbonyl (C=O) groups excluding carboxylic acids is 2. The monoisotopic (exact) mass is 639 g/mol. The van der Waals surface area contributed by atoms with E-state index in [0.717, 1.165) is 70.3 Å². The highest BCUT2D eigenvalue weighted by Crippen LogP contribution is 2.39. The Labute approximate surface area is 271 Å². The fourth-order valence-electron chi connectivity index (χ4n) is 6.22. The highest BCUT2D eigenvalue weighted by Gasteiger charge is 2.30. The van der Waals surface area contributed by atoms with E-state index in [2.05, 4.69) is 39.5 Å². The molecule has 0 spiro atoms. The first kappa shape index (κ1) is 30.1. The molecular formula is C35H37N5O5S. The molecule has 2 amide bonds. The van der Waals surface area contributed by atoms with Gasteiger partial charge >= 0.3 is 0 Å².